The van der Waals surface area contributed by atoms with E-state index in [-0.39, 0.29) is 29.4 Å². The van der Waals surface area contributed by atoms with Crippen LogP contribution in [0.25, 0.3) is 5.69 Å². The lowest BCUT2D eigenvalue weighted by Crippen LogP contribution is -2.60. The molecule has 0 saturated carbocycles. The molecular weight excluding hydrogens is 654 g/mol. The molecule has 0 radical (unpaired) electrons. The summed E-state index contributed by atoms with van der Waals surface area (Å²) in [7, 11) is -8.09. The molecular formula is C30H30BrN5O5S2. The molecule has 1 aliphatic rings. The second-order valence-corrected chi connectivity index (χ2v) is 14.7. The van der Waals surface area contributed by atoms with E-state index in [1.54, 1.807) is 36.4 Å². The molecule has 4 aromatic rings. The predicted molar refractivity (Wildman–Crippen MR) is 168 cm³/mol. The van der Waals surface area contributed by atoms with Gasteiger partial charge in [-0.1, -0.05) is 52.3 Å². The summed E-state index contributed by atoms with van der Waals surface area (Å²) in [5, 5.41) is 4.14. The highest BCUT2D eigenvalue weighted by Gasteiger charge is 2.43. The molecule has 1 aliphatic heterocycles. The Hall–Kier alpha value is -3.62. The summed E-state index contributed by atoms with van der Waals surface area (Å²) in [4.78, 5) is 13.6. The molecule has 0 spiro atoms. The first-order chi connectivity index (χ1) is 20.5. The number of hydrogen-bond donors (Lipinski definition) is 1. The van der Waals surface area contributed by atoms with Crippen LogP contribution in [-0.2, 0) is 24.8 Å². The first-order valence-electron chi connectivity index (χ1n) is 13.4. The summed E-state index contributed by atoms with van der Waals surface area (Å²) in [6, 6.07) is 24.0. The Kier molecular flexibility index (Phi) is 8.99. The molecule has 1 N–H and O–H groups in total. The van der Waals surface area contributed by atoms with E-state index in [1.807, 2.05) is 44.2 Å². The largest absolute Gasteiger partial charge is 0.318 e. The second-order valence-electron chi connectivity index (χ2n) is 9.99. The zero-order valence-electron chi connectivity index (χ0n) is 23.5. The van der Waals surface area contributed by atoms with Crippen LogP contribution in [0.5, 0.6) is 0 Å². The van der Waals surface area contributed by atoms with Crippen molar-refractivity contribution in [2.75, 3.05) is 19.6 Å². The molecule has 1 aromatic heterocycles. The Morgan fingerprint density at radius 2 is 1.44 bits per heavy atom. The van der Waals surface area contributed by atoms with Crippen molar-refractivity contribution < 1.29 is 21.6 Å². The third-order valence-electron chi connectivity index (χ3n) is 7.26. The number of aryl methyl sites for hydroxylation is 1. The molecule has 3 aromatic carbocycles. The smallest absolute Gasteiger partial charge is 0.259 e. The SMILES string of the molecule is Cc1cc(/C=N\NC(=O)[C@H]2CN(S(=O)(=O)c3ccccc3)CCN2S(=O)(=O)c2ccccc2)c(C)n1-c1ccc(Br)cc1. The van der Waals surface area contributed by atoms with Crippen LogP contribution in [-0.4, -0.2) is 67.8 Å². The first kappa shape index (κ1) is 30.8. The monoisotopic (exact) mass is 683 g/mol. The lowest BCUT2D eigenvalue weighted by molar-refractivity contribution is -0.125. The van der Waals surface area contributed by atoms with E-state index in [4.69, 9.17) is 0 Å². The number of amides is 1. The van der Waals surface area contributed by atoms with Gasteiger partial charge in [-0.25, -0.2) is 22.3 Å². The van der Waals surface area contributed by atoms with Crippen LogP contribution in [0.2, 0.25) is 0 Å². The van der Waals surface area contributed by atoms with Crippen molar-refractivity contribution in [2.24, 2.45) is 5.10 Å². The molecule has 2 heterocycles. The molecule has 1 atom stereocenters. The molecule has 13 heteroatoms. The zero-order chi connectivity index (χ0) is 30.8. The number of sulfonamides is 2. The van der Waals surface area contributed by atoms with Gasteiger partial charge in [0, 0.05) is 46.7 Å². The van der Waals surface area contributed by atoms with Gasteiger partial charge in [-0.05, 0) is 68.4 Å². The van der Waals surface area contributed by atoms with E-state index in [2.05, 4.69) is 31.0 Å². The molecule has 0 aliphatic carbocycles. The number of hydrogen-bond acceptors (Lipinski definition) is 6. The quantitative estimate of drug-likeness (QED) is 0.222. The van der Waals surface area contributed by atoms with Crippen LogP contribution in [0.4, 0.5) is 0 Å². The van der Waals surface area contributed by atoms with Crippen molar-refractivity contribution in [3.05, 3.63) is 112 Å². The van der Waals surface area contributed by atoms with Crippen molar-refractivity contribution in [1.29, 1.82) is 0 Å². The highest BCUT2D eigenvalue weighted by Crippen LogP contribution is 2.26. The number of nitrogens with one attached hydrogen (secondary N) is 1. The van der Waals surface area contributed by atoms with E-state index < -0.39 is 32.0 Å². The van der Waals surface area contributed by atoms with Gasteiger partial charge in [0.25, 0.3) is 5.91 Å². The van der Waals surface area contributed by atoms with Gasteiger partial charge in [-0.15, -0.1) is 0 Å². The van der Waals surface area contributed by atoms with Crippen LogP contribution in [0.1, 0.15) is 17.0 Å². The molecule has 224 valence electrons. The Balaban J connectivity index is 1.41. The van der Waals surface area contributed by atoms with E-state index in [9.17, 15) is 21.6 Å². The van der Waals surface area contributed by atoms with Crippen molar-refractivity contribution in [3.63, 3.8) is 0 Å². The summed E-state index contributed by atoms with van der Waals surface area (Å²) in [5.74, 6) is -0.745. The van der Waals surface area contributed by atoms with E-state index in [1.165, 1.54) is 30.5 Å². The number of rotatable bonds is 8. The third-order valence-corrected chi connectivity index (χ3v) is 11.6. The van der Waals surface area contributed by atoms with Crippen LogP contribution in [0, 0.1) is 13.8 Å². The fourth-order valence-electron chi connectivity index (χ4n) is 5.08. The van der Waals surface area contributed by atoms with Crippen LogP contribution in [0.15, 0.2) is 110 Å². The molecule has 5 rings (SSSR count). The highest BCUT2D eigenvalue weighted by molar-refractivity contribution is 9.10. The molecule has 10 nitrogen and oxygen atoms in total. The van der Waals surface area contributed by atoms with Gasteiger partial charge in [0.15, 0.2) is 0 Å². The maximum Gasteiger partial charge on any atom is 0.259 e. The highest BCUT2D eigenvalue weighted by atomic mass is 79.9. The minimum atomic E-state index is -4.12. The van der Waals surface area contributed by atoms with E-state index >= 15 is 0 Å². The lowest BCUT2D eigenvalue weighted by atomic mass is 10.2. The standard InChI is InChI=1S/C30H30BrN5O5S2/c1-22-19-24(23(2)36(22)26-15-13-25(31)14-16-26)20-32-33-30(37)29-21-34(42(38,39)27-9-5-3-6-10-27)17-18-35(29)43(40,41)28-11-7-4-8-12-28/h3-16,19-20,29H,17-18,21H2,1-2H3,(H,33,37)/b32-20-/t29-/m1/s1. The first-order valence-corrected chi connectivity index (χ1v) is 17.1. The van der Waals surface area contributed by atoms with Gasteiger partial charge in [0.05, 0.1) is 16.0 Å². The van der Waals surface area contributed by atoms with Crippen molar-refractivity contribution in [2.45, 2.75) is 29.7 Å². The molecule has 1 saturated heterocycles. The molecule has 43 heavy (non-hydrogen) atoms. The van der Waals surface area contributed by atoms with E-state index in [0.29, 0.717) is 0 Å². The van der Waals surface area contributed by atoms with Gasteiger partial charge in [0.2, 0.25) is 20.0 Å². The third kappa shape index (κ3) is 6.36. The van der Waals surface area contributed by atoms with Gasteiger partial charge in [-0.3, -0.25) is 4.79 Å². The fourth-order valence-corrected chi connectivity index (χ4v) is 8.39. The average molecular weight is 685 g/mol. The maximum atomic E-state index is 13.6. The van der Waals surface area contributed by atoms with Crippen molar-refractivity contribution >= 4 is 48.1 Å². The molecule has 1 fully saturated rings. The second kappa shape index (κ2) is 12.5. The number of nitrogens with zero attached hydrogens (tertiary/aromatic N) is 4. The normalized spacial score (nSPS) is 16.9. The molecule has 0 unspecified atom stereocenters. The van der Waals surface area contributed by atoms with Crippen molar-refractivity contribution in [1.82, 2.24) is 18.6 Å². The predicted octanol–water partition coefficient (Wildman–Crippen LogP) is 4.07. The number of carbonyl (C=O) groups excluding carboxylic acids is 1. The number of piperazine rings is 1. The summed E-state index contributed by atoms with van der Waals surface area (Å²) in [6.07, 6.45) is 1.49. The van der Waals surface area contributed by atoms with Gasteiger partial charge in [-0.2, -0.15) is 13.7 Å². The minimum absolute atomic E-state index is 0.0102. The number of carbonyl (C=O) groups is 1. The summed E-state index contributed by atoms with van der Waals surface area (Å²) in [6.45, 7) is 3.20. The number of aromatic nitrogens is 1. The Labute approximate surface area is 259 Å². The van der Waals surface area contributed by atoms with Crippen molar-refractivity contribution in [3.8, 4) is 5.69 Å². The summed E-state index contributed by atoms with van der Waals surface area (Å²) in [5.41, 5.74) is 6.03. The number of benzene rings is 3. The fraction of sp³-hybridized carbons (Fsp3) is 0.200. The van der Waals surface area contributed by atoms with Crippen LogP contribution in [0.3, 0.4) is 0 Å². The Bertz CT molecular complexity index is 1860. The van der Waals surface area contributed by atoms with Gasteiger partial charge >= 0.3 is 0 Å². The lowest BCUT2D eigenvalue weighted by Gasteiger charge is -2.38. The summed E-state index contributed by atoms with van der Waals surface area (Å²) < 4.78 is 59.2. The molecule has 1 amide bonds. The van der Waals surface area contributed by atoms with Crippen LogP contribution >= 0.6 is 15.9 Å². The number of halogens is 1. The number of hydrazone groups is 1. The van der Waals surface area contributed by atoms with Gasteiger partial charge in [0.1, 0.15) is 6.04 Å². The maximum absolute atomic E-state index is 13.6. The van der Waals surface area contributed by atoms with E-state index in [0.717, 1.165) is 35.7 Å². The van der Waals surface area contributed by atoms with Crippen LogP contribution < -0.4 is 5.43 Å². The Morgan fingerprint density at radius 1 is 0.860 bits per heavy atom. The minimum Gasteiger partial charge on any atom is -0.318 e. The Morgan fingerprint density at radius 3 is 2.05 bits per heavy atom. The average Bonchev–Trinajstić information content (AvgIpc) is 3.30. The zero-order valence-corrected chi connectivity index (χ0v) is 26.7. The van der Waals surface area contributed by atoms with Gasteiger partial charge < -0.3 is 4.57 Å². The summed E-state index contributed by atoms with van der Waals surface area (Å²) >= 11 is 3.45. The molecule has 0 bridgehead atoms. The topological polar surface area (TPSA) is 121 Å².